The molecule has 1 atom stereocenters. The van der Waals surface area contributed by atoms with Crippen molar-refractivity contribution in [3.63, 3.8) is 0 Å². The number of nitrogens with one attached hydrogen (secondary N) is 1. The van der Waals surface area contributed by atoms with E-state index >= 15 is 0 Å². The highest BCUT2D eigenvalue weighted by Crippen LogP contribution is 2.24. The van der Waals surface area contributed by atoms with Crippen LogP contribution in [-0.4, -0.2) is 22.5 Å². The molecular weight excluding hydrogens is 232 g/mol. The molecule has 1 aromatic carbocycles. The highest BCUT2D eigenvalue weighted by molar-refractivity contribution is 5.85. The predicted molar refractivity (Wildman–Crippen MR) is 65.9 cm³/mol. The predicted octanol–water partition coefficient (Wildman–Crippen LogP) is 1.50. The number of pyridine rings is 1. The van der Waals surface area contributed by atoms with Crippen molar-refractivity contribution < 1.29 is 14.7 Å². The van der Waals surface area contributed by atoms with Crippen LogP contribution in [0.3, 0.4) is 0 Å². The standard InChI is InChI=1S/C13H12N2O3/c16-8-15-12(5-13(17)18)11-7-14-6-9-3-1-2-4-10(9)11/h1-4,6-8,12H,5H2,(H,15,16)(H,17,18). The van der Waals surface area contributed by atoms with Gasteiger partial charge < -0.3 is 10.4 Å². The van der Waals surface area contributed by atoms with E-state index < -0.39 is 12.0 Å². The van der Waals surface area contributed by atoms with Crippen LogP contribution in [0, 0.1) is 0 Å². The van der Waals surface area contributed by atoms with E-state index in [9.17, 15) is 9.59 Å². The number of carboxylic acids is 1. The van der Waals surface area contributed by atoms with Gasteiger partial charge in [0.1, 0.15) is 0 Å². The van der Waals surface area contributed by atoms with Crippen molar-refractivity contribution in [2.24, 2.45) is 0 Å². The number of hydrogen-bond donors (Lipinski definition) is 2. The number of carboxylic acid groups (broad SMARTS) is 1. The van der Waals surface area contributed by atoms with Crippen molar-refractivity contribution in [2.75, 3.05) is 0 Å². The molecule has 0 aliphatic rings. The summed E-state index contributed by atoms with van der Waals surface area (Å²) in [6.45, 7) is 0. The van der Waals surface area contributed by atoms with E-state index in [2.05, 4.69) is 10.3 Å². The average molecular weight is 244 g/mol. The van der Waals surface area contributed by atoms with Gasteiger partial charge in [-0.3, -0.25) is 14.6 Å². The Labute approximate surface area is 103 Å². The summed E-state index contributed by atoms with van der Waals surface area (Å²) < 4.78 is 0. The van der Waals surface area contributed by atoms with Crippen LogP contribution >= 0.6 is 0 Å². The highest BCUT2D eigenvalue weighted by Gasteiger charge is 2.17. The van der Waals surface area contributed by atoms with Crippen LogP contribution in [0.2, 0.25) is 0 Å². The second-order valence-corrected chi connectivity index (χ2v) is 3.88. The van der Waals surface area contributed by atoms with Gasteiger partial charge >= 0.3 is 5.97 Å². The molecule has 18 heavy (non-hydrogen) atoms. The third kappa shape index (κ3) is 2.45. The van der Waals surface area contributed by atoms with Crippen LogP contribution in [-0.2, 0) is 9.59 Å². The van der Waals surface area contributed by atoms with Gasteiger partial charge in [-0.2, -0.15) is 0 Å². The number of benzene rings is 1. The molecule has 0 aliphatic heterocycles. The second kappa shape index (κ2) is 5.27. The van der Waals surface area contributed by atoms with Crippen LogP contribution in [0.25, 0.3) is 10.8 Å². The Morgan fingerprint density at radius 1 is 1.39 bits per heavy atom. The Morgan fingerprint density at radius 3 is 2.89 bits per heavy atom. The lowest BCUT2D eigenvalue weighted by Gasteiger charge is -2.16. The summed E-state index contributed by atoms with van der Waals surface area (Å²) in [7, 11) is 0. The van der Waals surface area contributed by atoms with E-state index in [0.29, 0.717) is 12.0 Å². The molecule has 0 fully saturated rings. The van der Waals surface area contributed by atoms with E-state index in [1.807, 2.05) is 24.3 Å². The van der Waals surface area contributed by atoms with Gasteiger partial charge in [0.2, 0.25) is 6.41 Å². The van der Waals surface area contributed by atoms with E-state index in [-0.39, 0.29) is 6.42 Å². The van der Waals surface area contributed by atoms with Crippen molar-refractivity contribution in [3.8, 4) is 0 Å². The third-order valence-corrected chi connectivity index (χ3v) is 2.72. The summed E-state index contributed by atoms with van der Waals surface area (Å²) in [5.41, 5.74) is 0.711. The first-order valence-electron chi connectivity index (χ1n) is 5.46. The number of aromatic nitrogens is 1. The summed E-state index contributed by atoms with van der Waals surface area (Å²) in [5, 5.41) is 13.2. The van der Waals surface area contributed by atoms with Crippen LogP contribution in [0.4, 0.5) is 0 Å². The molecule has 0 saturated carbocycles. The van der Waals surface area contributed by atoms with Crippen molar-refractivity contribution in [3.05, 3.63) is 42.2 Å². The van der Waals surface area contributed by atoms with Crippen LogP contribution in [0.5, 0.6) is 0 Å². The molecule has 0 aliphatic carbocycles. The fourth-order valence-electron chi connectivity index (χ4n) is 1.93. The Balaban J connectivity index is 2.49. The largest absolute Gasteiger partial charge is 0.481 e. The molecule has 5 nitrogen and oxygen atoms in total. The van der Waals surface area contributed by atoms with Gasteiger partial charge in [0.15, 0.2) is 0 Å². The molecule has 2 N–H and O–H groups in total. The number of carbonyl (C=O) groups excluding carboxylic acids is 1. The normalized spacial score (nSPS) is 12.0. The molecular formula is C13H12N2O3. The number of amides is 1. The zero-order valence-corrected chi connectivity index (χ0v) is 9.54. The molecule has 2 rings (SSSR count). The molecule has 1 unspecified atom stereocenters. The molecule has 1 amide bonds. The van der Waals surface area contributed by atoms with Crippen molar-refractivity contribution in [2.45, 2.75) is 12.5 Å². The SMILES string of the molecule is O=CNC(CC(=O)O)c1cncc2ccccc12. The summed E-state index contributed by atoms with van der Waals surface area (Å²) >= 11 is 0. The van der Waals surface area contributed by atoms with E-state index in [0.717, 1.165) is 10.8 Å². The maximum Gasteiger partial charge on any atom is 0.305 e. The zero-order chi connectivity index (χ0) is 13.0. The monoisotopic (exact) mass is 244 g/mol. The van der Waals surface area contributed by atoms with E-state index in [4.69, 9.17) is 5.11 Å². The third-order valence-electron chi connectivity index (χ3n) is 2.72. The average Bonchev–Trinajstić information content (AvgIpc) is 2.37. The fourth-order valence-corrected chi connectivity index (χ4v) is 1.93. The molecule has 0 saturated heterocycles. The van der Waals surface area contributed by atoms with Gasteiger partial charge in [0.05, 0.1) is 12.5 Å². The molecule has 92 valence electrons. The smallest absolute Gasteiger partial charge is 0.305 e. The minimum atomic E-state index is -0.970. The number of aliphatic carboxylic acids is 1. The quantitative estimate of drug-likeness (QED) is 0.781. The first-order chi connectivity index (χ1) is 8.72. The van der Waals surface area contributed by atoms with E-state index in [1.165, 1.54) is 0 Å². The Bertz CT molecular complexity index is 578. The Morgan fingerprint density at radius 2 is 2.17 bits per heavy atom. The lowest BCUT2D eigenvalue weighted by atomic mass is 9.99. The van der Waals surface area contributed by atoms with Crippen LogP contribution < -0.4 is 5.32 Å². The highest BCUT2D eigenvalue weighted by atomic mass is 16.4. The Kier molecular flexibility index (Phi) is 3.52. The van der Waals surface area contributed by atoms with Crippen molar-refractivity contribution in [1.29, 1.82) is 0 Å². The molecule has 5 heteroatoms. The first-order valence-corrected chi connectivity index (χ1v) is 5.46. The number of hydrogen-bond acceptors (Lipinski definition) is 3. The number of rotatable bonds is 5. The lowest BCUT2D eigenvalue weighted by Crippen LogP contribution is -2.22. The lowest BCUT2D eigenvalue weighted by molar-refractivity contribution is -0.137. The summed E-state index contributed by atoms with van der Waals surface area (Å²) in [5.74, 6) is -0.970. The minimum Gasteiger partial charge on any atom is -0.481 e. The molecule has 0 spiro atoms. The minimum absolute atomic E-state index is 0.172. The zero-order valence-electron chi connectivity index (χ0n) is 9.54. The van der Waals surface area contributed by atoms with Gasteiger partial charge in [0.25, 0.3) is 0 Å². The summed E-state index contributed by atoms with van der Waals surface area (Å²) in [6, 6.07) is 6.95. The maximum atomic E-state index is 10.8. The molecule has 0 radical (unpaired) electrons. The van der Waals surface area contributed by atoms with E-state index in [1.54, 1.807) is 12.4 Å². The number of fused-ring (bicyclic) bond motifs is 1. The van der Waals surface area contributed by atoms with Gasteiger partial charge in [-0.15, -0.1) is 0 Å². The molecule has 2 aromatic rings. The number of carbonyl (C=O) groups is 2. The second-order valence-electron chi connectivity index (χ2n) is 3.88. The molecule has 0 bridgehead atoms. The maximum absolute atomic E-state index is 10.8. The van der Waals surface area contributed by atoms with Gasteiger partial charge in [-0.1, -0.05) is 24.3 Å². The summed E-state index contributed by atoms with van der Waals surface area (Å²) in [6.07, 6.45) is 3.63. The molecule has 1 heterocycles. The number of nitrogens with zero attached hydrogens (tertiary/aromatic N) is 1. The van der Waals surface area contributed by atoms with Crippen LogP contribution in [0.1, 0.15) is 18.0 Å². The van der Waals surface area contributed by atoms with Crippen LogP contribution in [0.15, 0.2) is 36.7 Å². The van der Waals surface area contributed by atoms with Gasteiger partial charge in [-0.05, 0) is 5.39 Å². The fraction of sp³-hybridized carbons (Fsp3) is 0.154. The summed E-state index contributed by atoms with van der Waals surface area (Å²) in [4.78, 5) is 25.5. The topological polar surface area (TPSA) is 79.3 Å². The molecule has 1 aromatic heterocycles. The van der Waals surface area contributed by atoms with Crippen molar-refractivity contribution >= 4 is 23.2 Å². The van der Waals surface area contributed by atoms with Gasteiger partial charge in [-0.25, -0.2) is 0 Å². The first kappa shape index (κ1) is 12.0. The van der Waals surface area contributed by atoms with Crippen molar-refractivity contribution in [1.82, 2.24) is 10.3 Å². The van der Waals surface area contributed by atoms with Gasteiger partial charge in [0, 0.05) is 23.3 Å². The Hall–Kier alpha value is -2.43.